The van der Waals surface area contributed by atoms with Gasteiger partial charge in [0.2, 0.25) is 0 Å². The normalized spacial score (nSPS) is 15.8. The first-order valence-electron chi connectivity index (χ1n) is 10.3. The molecular weight excluding hydrogens is 408 g/mol. The largest absolute Gasteiger partial charge is 0.373 e. The number of carbonyl (C=O) groups excluding carboxylic acids is 2. The summed E-state index contributed by atoms with van der Waals surface area (Å²) >= 11 is 0. The number of aromatic nitrogens is 3. The molecule has 0 aliphatic carbocycles. The summed E-state index contributed by atoms with van der Waals surface area (Å²) in [5.74, 6) is 0.361. The molecule has 0 unspecified atom stereocenters. The highest BCUT2D eigenvalue weighted by atomic mass is 16.5. The van der Waals surface area contributed by atoms with E-state index in [4.69, 9.17) is 4.74 Å². The molecule has 9 heteroatoms. The summed E-state index contributed by atoms with van der Waals surface area (Å²) in [7, 11) is 3.34. The lowest BCUT2D eigenvalue weighted by Gasteiger charge is -2.32. The molecule has 0 aromatic carbocycles. The Morgan fingerprint density at radius 3 is 2.47 bits per heavy atom. The molecule has 4 heterocycles. The van der Waals surface area contributed by atoms with Crippen LogP contribution in [0.1, 0.15) is 32.6 Å². The van der Waals surface area contributed by atoms with Gasteiger partial charge in [0.15, 0.2) is 0 Å². The van der Waals surface area contributed by atoms with Gasteiger partial charge in [-0.1, -0.05) is 12.1 Å². The number of carbonyl (C=O) groups is 2. The molecule has 32 heavy (non-hydrogen) atoms. The first kappa shape index (κ1) is 21.4. The Kier molecular flexibility index (Phi) is 6.37. The molecule has 9 nitrogen and oxygen atoms in total. The van der Waals surface area contributed by atoms with Crippen molar-refractivity contribution in [2.45, 2.75) is 6.10 Å². The summed E-state index contributed by atoms with van der Waals surface area (Å²) < 4.78 is 5.89. The fourth-order valence-electron chi connectivity index (χ4n) is 3.49. The van der Waals surface area contributed by atoms with Gasteiger partial charge >= 0.3 is 0 Å². The average Bonchev–Trinajstić information content (AvgIpc) is 2.88. The molecule has 164 valence electrons. The minimum absolute atomic E-state index is 0.0592. The zero-order chi connectivity index (χ0) is 22.5. The summed E-state index contributed by atoms with van der Waals surface area (Å²) in [6.07, 6.45) is 4.71. The van der Waals surface area contributed by atoms with Crippen molar-refractivity contribution in [2.75, 3.05) is 39.1 Å². The third kappa shape index (κ3) is 4.57. The monoisotopic (exact) mass is 432 g/mol. The average molecular weight is 432 g/mol. The Labute approximate surface area is 185 Å². The molecule has 3 aromatic heterocycles. The lowest BCUT2D eigenvalue weighted by Crippen LogP contribution is -2.42. The van der Waals surface area contributed by atoms with Gasteiger partial charge in [0, 0.05) is 55.9 Å². The van der Waals surface area contributed by atoms with Crippen LogP contribution in [0.2, 0.25) is 0 Å². The van der Waals surface area contributed by atoms with Crippen LogP contribution in [-0.4, -0.2) is 65.5 Å². The standard InChI is InChI=1S/C23H24N6O3/c1-24-21-11-15(7-8-26-21)23(31)29-9-10-32-20(14-29)18-5-3-16(12-27-18)17-4-6-19(28-13-17)22(30)25-2/h3-8,11-13,20H,9-10,14H2,1-2H3,(H,24,26)(H,25,30)/t20-/m1/s1. The second-order valence-corrected chi connectivity index (χ2v) is 7.27. The number of hydrogen-bond acceptors (Lipinski definition) is 7. The Bertz CT molecular complexity index is 1100. The Hall–Kier alpha value is -3.85. The van der Waals surface area contributed by atoms with Gasteiger partial charge in [-0.3, -0.25) is 19.6 Å². The van der Waals surface area contributed by atoms with Gasteiger partial charge in [0.25, 0.3) is 11.8 Å². The van der Waals surface area contributed by atoms with Crippen LogP contribution >= 0.6 is 0 Å². The fourth-order valence-corrected chi connectivity index (χ4v) is 3.49. The number of nitrogens with zero attached hydrogens (tertiary/aromatic N) is 4. The second kappa shape index (κ2) is 9.52. The van der Waals surface area contributed by atoms with E-state index in [-0.39, 0.29) is 17.9 Å². The molecule has 2 amide bonds. The summed E-state index contributed by atoms with van der Waals surface area (Å²) in [6.45, 7) is 1.38. The molecule has 1 saturated heterocycles. The van der Waals surface area contributed by atoms with Gasteiger partial charge in [-0.25, -0.2) is 4.98 Å². The summed E-state index contributed by atoms with van der Waals surface area (Å²) in [5, 5.41) is 5.50. The molecule has 0 radical (unpaired) electrons. The quantitative estimate of drug-likeness (QED) is 0.636. The van der Waals surface area contributed by atoms with Crippen LogP contribution in [0.15, 0.2) is 55.0 Å². The molecule has 1 aliphatic rings. The zero-order valence-corrected chi connectivity index (χ0v) is 17.9. The van der Waals surface area contributed by atoms with Crippen molar-refractivity contribution < 1.29 is 14.3 Å². The van der Waals surface area contributed by atoms with Crippen LogP contribution in [0.3, 0.4) is 0 Å². The fraction of sp³-hybridized carbons (Fsp3) is 0.261. The number of amides is 2. The maximum absolute atomic E-state index is 12.9. The molecule has 1 atom stereocenters. The number of morpholine rings is 1. The lowest BCUT2D eigenvalue weighted by atomic mass is 10.1. The van der Waals surface area contributed by atoms with Crippen molar-refractivity contribution in [3.63, 3.8) is 0 Å². The van der Waals surface area contributed by atoms with Crippen molar-refractivity contribution >= 4 is 17.6 Å². The van der Waals surface area contributed by atoms with Crippen LogP contribution in [0.5, 0.6) is 0 Å². The molecule has 1 aliphatic heterocycles. The Morgan fingerprint density at radius 2 is 1.81 bits per heavy atom. The second-order valence-electron chi connectivity index (χ2n) is 7.27. The van der Waals surface area contributed by atoms with Crippen molar-refractivity contribution in [1.82, 2.24) is 25.2 Å². The molecule has 2 N–H and O–H groups in total. The van der Waals surface area contributed by atoms with Crippen molar-refractivity contribution in [3.8, 4) is 11.1 Å². The summed E-state index contributed by atoms with van der Waals surface area (Å²) in [6, 6.07) is 10.8. The number of hydrogen-bond donors (Lipinski definition) is 2. The Balaban J connectivity index is 1.45. The number of rotatable bonds is 5. The van der Waals surface area contributed by atoms with Crippen LogP contribution in [0.4, 0.5) is 5.82 Å². The maximum Gasteiger partial charge on any atom is 0.269 e. The van der Waals surface area contributed by atoms with Crippen LogP contribution in [-0.2, 0) is 4.74 Å². The van der Waals surface area contributed by atoms with Crippen molar-refractivity contribution in [3.05, 3.63) is 71.9 Å². The molecule has 0 saturated carbocycles. The van der Waals surface area contributed by atoms with Gasteiger partial charge < -0.3 is 20.3 Å². The summed E-state index contributed by atoms with van der Waals surface area (Å²) in [5.41, 5.74) is 3.44. The maximum atomic E-state index is 12.9. The smallest absolute Gasteiger partial charge is 0.269 e. The van der Waals surface area contributed by atoms with Crippen molar-refractivity contribution in [1.29, 1.82) is 0 Å². The van der Waals surface area contributed by atoms with Gasteiger partial charge in [-0.05, 0) is 24.3 Å². The zero-order valence-electron chi connectivity index (χ0n) is 17.9. The highest BCUT2D eigenvalue weighted by molar-refractivity contribution is 5.95. The number of pyridine rings is 3. The Morgan fingerprint density at radius 1 is 1.03 bits per heavy atom. The van der Waals surface area contributed by atoms with E-state index in [1.165, 1.54) is 0 Å². The first-order chi connectivity index (χ1) is 15.6. The van der Waals surface area contributed by atoms with E-state index in [9.17, 15) is 9.59 Å². The number of nitrogens with one attached hydrogen (secondary N) is 2. The summed E-state index contributed by atoms with van der Waals surface area (Å²) in [4.78, 5) is 39.3. The van der Waals surface area contributed by atoms with E-state index < -0.39 is 0 Å². The number of anilines is 1. The SMILES string of the molecule is CNC(=O)c1ccc(-c2ccc([C@H]3CN(C(=O)c4ccnc(NC)c4)CCO3)nc2)cn1. The van der Waals surface area contributed by atoms with Gasteiger partial charge in [0.05, 0.1) is 18.8 Å². The minimum atomic E-state index is -0.305. The van der Waals surface area contributed by atoms with E-state index in [0.29, 0.717) is 36.8 Å². The van der Waals surface area contributed by atoms with E-state index in [0.717, 1.165) is 16.8 Å². The topological polar surface area (TPSA) is 109 Å². The van der Waals surface area contributed by atoms with Gasteiger partial charge in [0.1, 0.15) is 17.6 Å². The molecule has 0 bridgehead atoms. The number of ether oxygens (including phenoxy) is 1. The third-order valence-electron chi connectivity index (χ3n) is 5.29. The molecule has 0 spiro atoms. The van der Waals surface area contributed by atoms with E-state index in [1.54, 1.807) is 55.8 Å². The van der Waals surface area contributed by atoms with E-state index in [1.807, 2.05) is 18.2 Å². The molecule has 3 aromatic rings. The third-order valence-corrected chi connectivity index (χ3v) is 5.29. The van der Waals surface area contributed by atoms with E-state index in [2.05, 4.69) is 25.6 Å². The predicted octanol–water partition coefficient (Wildman–Crippen LogP) is 2.15. The highest BCUT2D eigenvalue weighted by Gasteiger charge is 2.27. The first-order valence-corrected chi connectivity index (χ1v) is 10.3. The predicted molar refractivity (Wildman–Crippen MR) is 119 cm³/mol. The highest BCUT2D eigenvalue weighted by Crippen LogP contribution is 2.25. The molecule has 4 rings (SSSR count). The van der Waals surface area contributed by atoms with Crippen LogP contribution < -0.4 is 10.6 Å². The lowest BCUT2D eigenvalue weighted by molar-refractivity contribution is -0.0247. The molecule has 1 fully saturated rings. The van der Waals surface area contributed by atoms with Gasteiger partial charge in [-0.2, -0.15) is 0 Å². The van der Waals surface area contributed by atoms with Crippen LogP contribution in [0, 0.1) is 0 Å². The van der Waals surface area contributed by atoms with Gasteiger partial charge in [-0.15, -0.1) is 0 Å². The molecular formula is C23H24N6O3. The van der Waals surface area contributed by atoms with Crippen LogP contribution in [0.25, 0.3) is 11.1 Å². The van der Waals surface area contributed by atoms with Crippen molar-refractivity contribution in [2.24, 2.45) is 0 Å². The minimum Gasteiger partial charge on any atom is -0.373 e. The van der Waals surface area contributed by atoms with E-state index >= 15 is 0 Å².